The van der Waals surface area contributed by atoms with Crippen LogP contribution in [0.2, 0.25) is 0 Å². The van der Waals surface area contributed by atoms with E-state index in [2.05, 4.69) is 44.8 Å². The first kappa shape index (κ1) is 31.3. The van der Waals surface area contributed by atoms with Gasteiger partial charge in [-0.2, -0.15) is 0 Å². The van der Waals surface area contributed by atoms with Gasteiger partial charge in [-0.1, -0.05) is 92.4 Å². The minimum Gasteiger partial charge on any atom is -0.611 e. The predicted octanol–water partition coefficient (Wildman–Crippen LogP) is 8.63. The Morgan fingerprint density at radius 3 is 2.08 bits per heavy atom. The molecule has 0 amide bonds. The maximum absolute atomic E-state index is 13.0. The maximum Gasteiger partial charge on any atom is 0.155 e. The van der Waals surface area contributed by atoms with Crippen molar-refractivity contribution in [1.82, 2.24) is 15.0 Å². The van der Waals surface area contributed by atoms with Crippen molar-refractivity contribution >= 4 is 22.2 Å². The highest BCUT2D eigenvalue weighted by atomic mass is 32.2. The summed E-state index contributed by atoms with van der Waals surface area (Å²) in [5, 5.41) is 20.4. The molecule has 1 N–H and O–H groups in total. The molecule has 2 aromatic carbocycles. The minimum atomic E-state index is -1.06. The first-order valence-corrected chi connectivity index (χ1v) is 16.3. The van der Waals surface area contributed by atoms with Gasteiger partial charge < -0.3 is 14.4 Å². The van der Waals surface area contributed by atoms with Crippen molar-refractivity contribution in [2.24, 2.45) is 0 Å². The van der Waals surface area contributed by atoms with E-state index in [0.29, 0.717) is 34.8 Å². The molecule has 0 fully saturated rings. The smallest absolute Gasteiger partial charge is 0.155 e. The maximum atomic E-state index is 13.0. The Kier molecular flexibility index (Phi) is 12.4. The lowest BCUT2D eigenvalue weighted by Gasteiger charge is -2.23. The lowest BCUT2D eigenvalue weighted by atomic mass is 9.86. The summed E-state index contributed by atoms with van der Waals surface area (Å²) in [5.41, 5.74) is 2.35. The molecule has 0 saturated heterocycles. The Labute approximate surface area is 238 Å². The Balaban J connectivity index is 1.64. The van der Waals surface area contributed by atoms with Gasteiger partial charge in [0, 0.05) is 17.7 Å². The number of benzene rings is 2. The van der Waals surface area contributed by atoms with Crippen LogP contribution in [0.5, 0.6) is 11.5 Å². The van der Waals surface area contributed by atoms with Gasteiger partial charge in [0.25, 0.3) is 0 Å². The fourth-order valence-corrected chi connectivity index (χ4v) is 5.88. The number of hydrogen-bond acceptors (Lipinski definition) is 5. The predicted molar refractivity (Wildman–Crippen MR) is 163 cm³/mol. The average molecular weight is 556 g/mol. The molecule has 1 aromatic heterocycles. The van der Waals surface area contributed by atoms with Crippen molar-refractivity contribution in [3.8, 4) is 17.2 Å². The van der Waals surface area contributed by atoms with Crippen LogP contribution in [0.4, 0.5) is 0 Å². The van der Waals surface area contributed by atoms with Crippen LogP contribution in [-0.2, 0) is 16.6 Å². The molecule has 0 bridgehead atoms. The third-order valence-corrected chi connectivity index (χ3v) is 8.59. The number of phenolic OH excluding ortho intramolecular Hbond substituents is 1. The summed E-state index contributed by atoms with van der Waals surface area (Å²) in [4.78, 5) is 2.25. The fraction of sp³-hybridized carbons (Fsp3) is 0.625. The monoisotopic (exact) mass is 555 g/mol. The number of unbranched alkanes of at least 4 members (excludes halogenated alkanes) is 10. The highest BCUT2D eigenvalue weighted by molar-refractivity contribution is 7.91. The fourth-order valence-electron chi connectivity index (χ4n) is 4.72. The SMILES string of the molecule is CCCCCCCCCCCC[S+]([O-])c1ccc2nn(-c3cc(OCCCC)cc(C(C)(C)C)c3O)nc2c1. The molecule has 6 nitrogen and oxygen atoms in total. The van der Waals surface area contributed by atoms with Crippen LogP contribution >= 0.6 is 0 Å². The van der Waals surface area contributed by atoms with E-state index in [1.54, 1.807) is 6.07 Å². The van der Waals surface area contributed by atoms with Gasteiger partial charge in [0.2, 0.25) is 0 Å². The lowest BCUT2D eigenvalue weighted by Crippen LogP contribution is -2.14. The van der Waals surface area contributed by atoms with Gasteiger partial charge in [-0.05, 0) is 54.1 Å². The number of phenols is 1. The second kappa shape index (κ2) is 15.5. The molecular weight excluding hydrogens is 506 g/mol. The highest BCUT2D eigenvalue weighted by Crippen LogP contribution is 2.38. The molecule has 0 saturated carbocycles. The summed E-state index contributed by atoms with van der Waals surface area (Å²) in [7, 11) is 0. The Bertz CT molecular complexity index is 1160. The van der Waals surface area contributed by atoms with E-state index in [1.165, 1.54) is 56.2 Å². The number of hydrogen-bond donors (Lipinski definition) is 1. The zero-order valence-electron chi connectivity index (χ0n) is 24.8. The first-order chi connectivity index (χ1) is 18.7. The average Bonchev–Trinajstić information content (AvgIpc) is 3.33. The van der Waals surface area contributed by atoms with E-state index in [0.717, 1.165) is 36.1 Å². The Morgan fingerprint density at radius 1 is 0.821 bits per heavy atom. The molecule has 1 unspecified atom stereocenters. The standard InChI is InChI=1S/C32H49N3O3S/c1-6-8-10-11-12-13-14-15-16-17-21-39(37)26-18-19-28-29(24-26)34-35(33-28)30-23-25(38-20-9-7-2)22-27(31(30)36)32(3,4)5/h18-19,22-24,36H,6-17,20-21H2,1-5H3. The number of aromatic hydroxyl groups is 1. The zero-order valence-corrected chi connectivity index (χ0v) is 25.6. The van der Waals surface area contributed by atoms with Crippen LogP contribution in [0.15, 0.2) is 35.2 Å². The summed E-state index contributed by atoms with van der Waals surface area (Å²) >= 11 is -1.06. The largest absolute Gasteiger partial charge is 0.611 e. The van der Waals surface area contributed by atoms with E-state index in [9.17, 15) is 9.66 Å². The van der Waals surface area contributed by atoms with E-state index in [-0.39, 0.29) is 11.2 Å². The van der Waals surface area contributed by atoms with Gasteiger partial charge in [0.15, 0.2) is 4.90 Å². The molecule has 3 aromatic rings. The van der Waals surface area contributed by atoms with Crippen molar-refractivity contribution in [2.45, 2.75) is 122 Å². The van der Waals surface area contributed by atoms with Crippen LogP contribution < -0.4 is 4.74 Å². The number of ether oxygens (including phenoxy) is 1. The van der Waals surface area contributed by atoms with Gasteiger partial charge in [0.1, 0.15) is 34.0 Å². The quantitative estimate of drug-likeness (QED) is 0.133. The van der Waals surface area contributed by atoms with Gasteiger partial charge in [-0.3, -0.25) is 0 Å². The summed E-state index contributed by atoms with van der Waals surface area (Å²) in [6.45, 7) is 11.2. The van der Waals surface area contributed by atoms with Gasteiger partial charge >= 0.3 is 0 Å². The molecule has 0 aliphatic carbocycles. The van der Waals surface area contributed by atoms with E-state index < -0.39 is 11.2 Å². The second-order valence-corrected chi connectivity index (χ2v) is 13.2. The van der Waals surface area contributed by atoms with Crippen LogP contribution in [0.1, 0.15) is 117 Å². The van der Waals surface area contributed by atoms with Crippen molar-refractivity contribution < 1.29 is 14.4 Å². The molecule has 39 heavy (non-hydrogen) atoms. The Morgan fingerprint density at radius 2 is 1.44 bits per heavy atom. The number of aromatic nitrogens is 3. The highest BCUT2D eigenvalue weighted by Gasteiger charge is 2.24. The van der Waals surface area contributed by atoms with Gasteiger partial charge in [-0.25, -0.2) is 0 Å². The van der Waals surface area contributed by atoms with E-state index in [1.807, 2.05) is 24.3 Å². The van der Waals surface area contributed by atoms with E-state index >= 15 is 0 Å². The number of rotatable bonds is 17. The van der Waals surface area contributed by atoms with Crippen molar-refractivity contribution in [3.63, 3.8) is 0 Å². The first-order valence-electron chi connectivity index (χ1n) is 15.0. The second-order valence-electron chi connectivity index (χ2n) is 11.7. The third-order valence-electron chi connectivity index (χ3n) is 7.15. The van der Waals surface area contributed by atoms with Crippen molar-refractivity contribution in [3.05, 3.63) is 35.9 Å². The molecule has 1 atom stereocenters. The zero-order chi connectivity index (χ0) is 28.3. The van der Waals surface area contributed by atoms with Crippen LogP contribution in [-0.4, -0.2) is 37.0 Å². The molecule has 0 radical (unpaired) electrons. The summed E-state index contributed by atoms with van der Waals surface area (Å²) < 4.78 is 19.0. The van der Waals surface area contributed by atoms with Crippen molar-refractivity contribution in [2.75, 3.05) is 12.4 Å². The van der Waals surface area contributed by atoms with Crippen LogP contribution in [0.25, 0.3) is 16.7 Å². The third kappa shape index (κ3) is 9.42. The normalized spacial score (nSPS) is 12.8. The molecule has 216 valence electrons. The van der Waals surface area contributed by atoms with E-state index in [4.69, 9.17) is 4.74 Å². The van der Waals surface area contributed by atoms with Crippen LogP contribution in [0.3, 0.4) is 0 Å². The molecular formula is C32H49N3O3S. The summed E-state index contributed by atoms with van der Waals surface area (Å²) in [6, 6.07) is 9.33. The topological polar surface area (TPSA) is 83.2 Å². The minimum absolute atomic E-state index is 0.149. The lowest BCUT2D eigenvalue weighted by molar-refractivity contribution is 0.307. The van der Waals surface area contributed by atoms with Crippen LogP contribution in [0, 0.1) is 0 Å². The number of nitrogens with zero attached hydrogens (tertiary/aromatic N) is 3. The molecule has 1 heterocycles. The molecule has 0 aliphatic rings. The van der Waals surface area contributed by atoms with Gasteiger partial charge in [0.05, 0.1) is 6.61 Å². The molecule has 0 aliphatic heterocycles. The van der Waals surface area contributed by atoms with Gasteiger partial charge in [-0.15, -0.1) is 15.0 Å². The molecule has 7 heteroatoms. The summed E-state index contributed by atoms with van der Waals surface area (Å²) in [6.07, 6.45) is 14.7. The Hall–Kier alpha value is -2.25. The molecule has 0 spiro atoms. The molecule has 3 rings (SSSR count). The number of fused-ring (bicyclic) bond motifs is 1. The van der Waals surface area contributed by atoms with Crippen molar-refractivity contribution in [1.29, 1.82) is 0 Å². The summed E-state index contributed by atoms with van der Waals surface area (Å²) in [5.74, 6) is 1.51.